The van der Waals surface area contributed by atoms with Crippen LogP contribution in [0, 0.1) is 0 Å². The monoisotopic (exact) mass is 420 g/mol. The van der Waals surface area contributed by atoms with Gasteiger partial charge < -0.3 is 20.2 Å². The molecule has 1 saturated carbocycles. The number of aliphatic hydroxyl groups excluding tert-OH is 1. The summed E-state index contributed by atoms with van der Waals surface area (Å²) in [5.74, 6) is -0.0703. The van der Waals surface area contributed by atoms with E-state index in [4.69, 9.17) is 0 Å². The molecule has 0 unspecified atom stereocenters. The van der Waals surface area contributed by atoms with Gasteiger partial charge in [-0.15, -0.1) is 0 Å². The molecule has 162 valence electrons. The number of piperazine rings is 1. The number of hydrogen-bond donors (Lipinski definition) is 2. The van der Waals surface area contributed by atoms with Crippen LogP contribution in [0.25, 0.3) is 11.1 Å². The highest BCUT2D eigenvalue weighted by Crippen LogP contribution is 2.43. The van der Waals surface area contributed by atoms with Gasteiger partial charge in [0.1, 0.15) is 6.54 Å². The van der Waals surface area contributed by atoms with Crippen molar-refractivity contribution in [3.8, 4) is 11.1 Å². The second-order valence-corrected chi connectivity index (χ2v) is 8.82. The summed E-state index contributed by atoms with van der Waals surface area (Å²) >= 11 is 0. The average molecular weight is 421 g/mol. The molecule has 1 aliphatic carbocycles. The highest BCUT2D eigenvalue weighted by molar-refractivity contribution is 5.87. The molecule has 3 heterocycles. The zero-order valence-electron chi connectivity index (χ0n) is 17.5. The Morgan fingerprint density at radius 2 is 1.90 bits per heavy atom. The van der Waals surface area contributed by atoms with Crippen LogP contribution in [0.15, 0.2) is 48.8 Å². The fourth-order valence-electron chi connectivity index (χ4n) is 5.42. The lowest BCUT2D eigenvalue weighted by Gasteiger charge is -2.58. The van der Waals surface area contributed by atoms with Gasteiger partial charge in [0, 0.05) is 30.9 Å². The highest BCUT2D eigenvalue weighted by atomic mass is 16.3. The van der Waals surface area contributed by atoms with Gasteiger partial charge in [0.2, 0.25) is 5.91 Å². The van der Waals surface area contributed by atoms with Crippen LogP contribution in [0.1, 0.15) is 37.2 Å². The van der Waals surface area contributed by atoms with Crippen molar-refractivity contribution in [3.05, 3.63) is 54.4 Å². The van der Waals surface area contributed by atoms with Crippen molar-refractivity contribution in [2.45, 2.75) is 49.7 Å². The van der Waals surface area contributed by atoms with Crippen LogP contribution in [0.4, 0.5) is 4.79 Å². The van der Waals surface area contributed by atoms with Gasteiger partial charge in [0.05, 0.1) is 18.7 Å². The van der Waals surface area contributed by atoms with Gasteiger partial charge in [-0.25, -0.2) is 4.79 Å². The van der Waals surface area contributed by atoms with Crippen molar-refractivity contribution in [2.75, 3.05) is 19.7 Å². The molecule has 0 radical (unpaired) electrons. The summed E-state index contributed by atoms with van der Waals surface area (Å²) in [5, 5.41) is 13.1. The normalized spacial score (nSPS) is 25.8. The minimum Gasteiger partial charge on any atom is -0.394 e. The predicted octanol–water partition coefficient (Wildman–Crippen LogP) is 2.37. The van der Waals surface area contributed by atoms with Gasteiger partial charge in [-0.3, -0.25) is 9.78 Å². The molecule has 3 aliphatic rings. The number of urea groups is 1. The number of fused-ring (bicyclic) bond motifs is 1. The van der Waals surface area contributed by atoms with Crippen molar-refractivity contribution in [3.63, 3.8) is 0 Å². The van der Waals surface area contributed by atoms with E-state index < -0.39 is 0 Å². The topological polar surface area (TPSA) is 85.8 Å². The fraction of sp³-hybridized carbons (Fsp3) is 0.458. The largest absolute Gasteiger partial charge is 0.394 e. The average Bonchev–Trinajstić information content (AvgIpc) is 3.29. The van der Waals surface area contributed by atoms with Crippen LogP contribution in [0.5, 0.6) is 0 Å². The summed E-state index contributed by atoms with van der Waals surface area (Å²) in [7, 11) is 0. The van der Waals surface area contributed by atoms with Gasteiger partial charge in [-0.1, -0.05) is 43.2 Å². The molecule has 31 heavy (non-hydrogen) atoms. The van der Waals surface area contributed by atoms with Crippen LogP contribution in [0.2, 0.25) is 0 Å². The van der Waals surface area contributed by atoms with Gasteiger partial charge >= 0.3 is 6.03 Å². The van der Waals surface area contributed by atoms with E-state index in [1.165, 1.54) is 0 Å². The highest BCUT2D eigenvalue weighted by Gasteiger charge is 2.54. The number of carbonyl (C=O) groups is 2. The smallest absolute Gasteiger partial charge is 0.318 e. The molecule has 7 heteroatoms. The number of pyridine rings is 1. The minimum absolute atomic E-state index is 0.0129. The molecule has 7 nitrogen and oxygen atoms in total. The molecule has 2 aromatic rings. The summed E-state index contributed by atoms with van der Waals surface area (Å²) in [6.45, 7) is 0.500. The molecular formula is C24H28N4O3. The number of hydrogen-bond acceptors (Lipinski definition) is 4. The van der Waals surface area contributed by atoms with Gasteiger partial charge in [-0.05, 0) is 35.6 Å². The second-order valence-electron chi connectivity index (χ2n) is 8.82. The van der Waals surface area contributed by atoms with E-state index in [1.807, 2.05) is 18.3 Å². The number of nitrogens with one attached hydrogen (secondary N) is 1. The van der Waals surface area contributed by atoms with Crippen LogP contribution in [0.3, 0.4) is 0 Å². The van der Waals surface area contributed by atoms with Crippen molar-refractivity contribution >= 4 is 11.9 Å². The minimum atomic E-state index is -0.234. The Morgan fingerprint density at radius 1 is 1.13 bits per heavy atom. The molecule has 1 aromatic carbocycles. The number of nitrogens with zero attached hydrogens (tertiary/aromatic N) is 3. The lowest BCUT2D eigenvalue weighted by Crippen LogP contribution is -2.74. The summed E-state index contributed by atoms with van der Waals surface area (Å²) in [4.78, 5) is 33.1. The zero-order chi connectivity index (χ0) is 21.4. The second kappa shape index (κ2) is 8.30. The van der Waals surface area contributed by atoms with Crippen LogP contribution >= 0.6 is 0 Å². The first kappa shape index (κ1) is 20.0. The molecule has 2 aliphatic heterocycles. The summed E-state index contributed by atoms with van der Waals surface area (Å²) in [6, 6.07) is 11.9. The van der Waals surface area contributed by atoms with E-state index in [1.54, 1.807) is 16.0 Å². The van der Waals surface area contributed by atoms with Crippen molar-refractivity contribution < 1.29 is 14.7 Å². The maximum atomic E-state index is 12.8. The Labute approximate surface area is 182 Å². The Hall–Kier alpha value is -2.93. The standard InChI is InChI=1S/C24H28N4O3/c29-15-21-23(17-9-7-16(8-10-17)18-4-3-11-25-12-18)20-13-27(14-22(30)28(20)21)24(31)26-19-5-1-2-6-19/h3-4,7-12,19-21,23,29H,1-2,5-6,13-15H2,(H,26,31)/t20-,21+,23+/m0/s1. The van der Waals surface area contributed by atoms with E-state index in [0.29, 0.717) is 6.54 Å². The van der Waals surface area contributed by atoms with E-state index >= 15 is 0 Å². The lowest BCUT2D eigenvalue weighted by atomic mass is 9.73. The Bertz CT molecular complexity index is 943. The lowest BCUT2D eigenvalue weighted by molar-refractivity contribution is -0.159. The summed E-state index contributed by atoms with van der Waals surface area (Å²) < 4.78 is 0. The molecule has 2 N–H and O–H groups in total. The Morgan fingerprint density at radius 3 is 2.58 bits per heavy atom. The molecule has 3 fully saturated rings. The molecule has 3 atom stereocenters. The third kappa shape index (κ3) is 3.67. The van der Waals surface area contributed by atoms with Crippen LogP contribution < -0.4 is 5.32 Å². The number of rotatable bonds is 4. The molecule has 0 bridgehead atoms. The first-order valence-corrected chi connectivity index (χ1v) is 11.1. The van der Waals surface area contributed by atoms with Gasteiger partial charge in [0.15, 0.2) is 0 Å². The van der Waals surface area contributed by atoms with Crippen molar-refractivity contribution in [1.29, 1.82) is 0 Å². The van der Waals surface area contributed by atoms with Gasteiger partial charge in [0.25, 0.3) is 0 Å². The molecular weight excluding hydrogens is 392 g/mol. The molecule has 3 amide bonds. The maximum Gasteiger partial charge on any atom is 0.318 e. The number of aromatic nitrogens is 1. The van der Waals surface area contributed by atoms with Crippen LogP contribution in [-0.4, -0.2) is 69.7 Å². The molecule has 0 spiro atoms. The summed E-state index contributed by atoms with van der Waals surface area (Å²) in [6.07, 6.45) is 7.91. The van der Waals surface area contributed by atoms with E-state index in [9.17, 15) is 14.7 Å². The van der Waals surface area contributed by atoms with Gasteiger partial charge in [-0.2, -0.15) is 0 Å². The first-order chi connectivity index (χ1) is 15.2. The fourth-order valence-corrected chi connectivity index (χ4v) is 5.42. The van der Waals surface area contributed by atoms with E-state index in [0.717, 1.165) is 42.4 Å². The predicted molar refractivity (Wildman–Crippen MR) is 116 cm³/mol. The maximum absolute atomic E-state index is 12.8. The van der Waals surface area contributed by atoms with Crippen molar-refractivity contribution in [2.24, 2.45) is 0 Å². The third-order valence-corrected chi connectivity index (χ3v) is 7.01. The number of benzene rings is 1. The summed E-state index contributed by atoms with van der Waals surface area (Å²) in [5.41, 5.74) is 3.20. The van der Waals surface area contributed by atoms with Crippen LogP contribution in [-0.2, 0) is 4.79 Å². The van der Waals surface area contributed by atoms with E-state index in [-0.39, 0.29) is 49.1 Å². The number of amides is 3. The number of carbonyl (C=O) groups excluding carboxylic acids is 2. The molecule has 2 saturated heterocycles. The third-order valence-electron chi connectivity index (χ3n) is 7.01. The van der Waals surface area contributed by atoms with E-state index in [2.05, 4.69) is 34.6 Å². The Kier molecular flexibility index (Phi) is 5.36. The van der Waals surface area contributed by atoms with Crippen molar-refractivity contribution in [1.82, 2.24) is 20.1 Å². The number of aliphatic hydroxyl groups is 1. The quantitative estimate of drug-likeness (QED) is 0.795. The SMILES string of the molecule is O=C(NC1CCCC1)N1CC(=O)N2[C@H](CO)[C@H](c3ccc(-c4cccnc4)cc3)[C@@H]2C1. The Balaban J connectivity index is 1.33. The first-order valence-electron chi connectivity index (χ1n) is 11.1. The molecule has 1 aromatic heterocycles. The zero-order valence-corrected chi connectivity index (χ0v) is 17.5. The molecule has 5 rings (SSSR count).